The van der Waals surface area contributed by atoms with E-state index in [4.69, 9.17) is 4.42 Å². The Morgan fingerprint density at radius 2 is 1.94 bits per heavy atom. The lowest BCUT2D eigenvalue weighted by Crippen LogP contribution is -1.88. The number of furan rings is 1. The second kappa shape index (κ2) is 4.59. The molecule has 0 radical (unpaired) electrons. The van der Waals surface area contributed by atoms with E-state index in [1.54, 1.807) is 11.3 Å². The summed E-state index contributed by atoms with van der Waals surface area (Å²) in [6.45, 7) is 0. The zero-order valence-electron chi connectivity index (χ0n) is 8.69. The van der Waals surface area contributed by atoms with E-state index in [0.29, 0.717) is 0 Å². The molecule has 2 heterocycles. The summed E-state index contributed by atoms with van der Waals surface area (Å²) in [5, 5.41) is 3.47. The van der Waals surface area contributed by atoms with Gasteiger partial charge in [-0.2, -0.15) is 0 Å². The van der Waals surface area contributed by atoms with Crippen molar-refractivity contribution in [1.82, 2.24) is 0 Å². The van der Waals surface area contributed by atoms with Crippen LogP contribution in [0.5, 0.6) is 0 Å². The normalized spacial score (nSPS) is 13.1. The fourth-order valence-corrected chi connectivity index (χ4v) is 3.92. The molecule has 0 saturated carbocycles. The standard InChI is InChI=1S/C13H8Br2OS/c14-12-6-5-10(16-12)13(15)9-7-17-11-4-2-1-3-8(9)11/h1-7,13H. The van der Waals surface area contributed by atoms with E-state index in [1.165, 1.54) is 15.6 Å². The fraction of sp³-hybridized carbons (Fsp3) is 0.0769. The third kappa shape index (κ3) is 2.09. The maximum absolute atomic E-state index is 5.59. The highest BCUT2D eigenvalue weighted by atomic mass is 79.9. The number of thiophene rings is 1. The maximum atomic E-state index is 5.59. The van der Waals surface area contributed by atoms with Gasteiger partial charge in [-0.25, -0.2) is 0 Å². The minimum atomic E-state index is 0.102. The van der Waals surface area contributed by atoms with Crippen LogP contribution in [0.3, 0.4) is 0 Å². The third-order valence-electron chi connectivity index (χ3n) is 2.63. The summed E-state index contributed by atoms with van der Waals surface area (Å²) >= 11 is 8.79. The summed E-state index contributed by atoms with van der Waals surface area (Å²) in [4.78, 5) is 0.102. The van der Waals surface area contributed by atoms with Gasteiger partial charge >= 0.3 is 0 Å². The largest absolute Gasteiger partial charge is 0.453 e. The number of fused-ring (bicyclic) bond motifs is 1. The van der Waals surface area contributed by atoms with Crippen molar-refractivity contribution in [2.24, 2.45) is 0 Å². The number of rotatable bonds is 2. The van der Waals surface area contributed by atoms with Crippen molar-refractivity contribution >= 4 is 53.3 Å². The number of hydrogen-bond acceptors (Lipinski definition) is 2. The van der Waals surface area contributed by atoms with Crippen molar-refractivity contribution in [3.05, 3.63) is 57.8 Å². The van der Waals surface area contributed by atoms with E-state index in [1.807, 2.05) is 12.1 Å². The number of benzene rings is 1. The quantitative estimate of drug-likeness (QED) is 0.523. The Morgan fingerprint density at radius 1 is 1.12 bits per heavy atom. The lowest BCUT2D eigenvalue weighted by Gasteiger charge is -2.05. The van der Waals surface area contributed by atoms with Crippen LogP contribution in [0.15, 0.2) is 50.9 Å². The first kappa shape index (κ1) is 11.5. The van der Waals surface area contributed by atoms with E-state index in [9.17, 15) is 0 Å². The highest BCUT2D eigenvalue weighted by Gasteiger charge is 2.17. The number of hydrogen-bond donors (Lipinski definition) is 0. The molecule has 1 unspecified atom stereocenters. The Labute approximate surface area is 120 Å². The van der Waals surface area contributed by atoms with Crippen LogP contribution in [-0.2, 0) is 0 Å². The van der Waals surface area contributed by atoms with Crippen LogP contribution in [0, 0.1) is 0 Å². The van der Waals surface area contributed by atoms with Gasteiger partial charge in [0.05, 0.1) is 4.83 Å². The minimum absolute atomic E-state index is 0.102. The second-order valence-electron chi connectivity index (χ2n) is 3.69. The Bertz CT molecular complexity index is 656. The van der Waals surface area contributed by atoms with Crippen LogP contribution in [0.25, 0.3) is 10.1 Å². The van der Waals surface area contributed by atoms with E-state index in [0.717, 1.165) is 10.4 Å². The van der Waals surface area contributed by atoms with Crippen LogP contribution in [0.1, 0.15) is 16.2 Å². The topological polar surface area (TPSA) is 13.1 Å². The summed E-state index contributed by atoms with van der Waals surface area (Å²) in [5.74, 6) is 0.917. The molecule has 1 aromatic carbocycles. The minimum Gasteiger partial charge on any atom is -0.453 e. The second-order valence-corrected chi connectivity index (χ2v) is 6.30. The molecule has 1 nitrogen and oxygen atoms in total. The molecule has 17 heavy (non-hydrogen) atoms. The molecule has 3 aromatic rings. The van der Waals surface area contributed by atoms with Gasteiger partial charge in [0.1, 0.15) is 5.76 Å². The molecule has 0 aliphatic heterocycles. The van der Waals surface area contributed by atoms with Crippen LogP contribution >= 0.6 is 43.2 Å². The Kier molecular flexibility index (Phi) is 3.11. The number of halogens is 2. The molecule has 0 fully saturated rings. The first-order chi connectivity index (χ1) is 8.25. The lowest BCUT2D eigenvalue weighted by atomic mass is 10.1. The molecule has 0 spiro atoms. The fourth-order valence-electron chi connectivity index (χ4n) is 1.81. The first-order valence-electron chi connectivity index (χ1n) is 5.11. The van der Waals surface area contributed by atoms with Crippen molar-refractivity contribution in [2.75, 3.05) is 0 Å². The van der Waals surface area contributed by atoms with E-state index < -0.39 is 0 Å². The van der Waals surface area contributed by atoms with Crippen molar-refractivity contribution in [3.63, 3.8) is 0 Å². The molecule has 0 bridgehead atoms. The summed E-state index contributed by atoms with van der Waals surface area (Å²) in [6, 6.07) is 12.3. The molecule has 0 N–H and O–H groups in total. The van der Waals surface area contributed by atoms with Crippen LogP contribution in [0.2, 0.25) is 0 Å². The van der Waals surface area contributed by atoms with Crippen LogP contribution in [0.4, 0.5) is 0 Å². The van der Waals surface area contributed by atoms with Crippen LogP contribution < -0.4 is 0 Å². The third-order valence-corrected chi connectivity index (χ3v) is 4.98. The molecule has 1 atom stereocenters. The van der Waals surface area contributed by atoms with E-state index in [-0.39, 0.29) is 4.83 Å². The monoisotopic (exact) mass is 370 g/mol. The Balaban J connectivity index is 2.09. The van der Waals surface area contributed by atoms with Gasteiger partial charge in [-0.3, -0.25) is 0 Å². The van der Waals surface area contributed by atoms with Crippen molar-refractivity contribution in [2.45, 2.75) is 4.83 Å². The SMILES string of the molecule is Brc1ccc(C(Br)c2csc3ccccc23)o1. The van der Waals surface area contributed by atoms with Gasteiger partial charge < -0.3 is 4.42 Å². The molecular weight excluding hydrogens is 364 g/mol. The lowest BCUT2D eigenvalue weighted by molar-refractivity contribution is 0.497. The predicted molar refractivity (Wildman–Crippen MR) is 79.0 cm³/mol. The van der Waals surface area contributed by atoms with Gasteiger partial charge in [0.25, 0.3) is 0 Å². The van der Waals surface area contributed by atoms with Crippen molar-refractivity contribution < 1.29 is 4.42 Å². The molecule has 0 aliphatic carbocycles. The molecule has 86 valence electrons. The van der Waals surface area contributed by atoms with Crippen molar-refractivity contribution in [3.8, 4) is 0 Å². The summed E-state index contributed by atoms with van der Waals surface area (Å²) in [7, 11) is 0. The smallest absolute Gasteiger partial charge is 0.169 e. The highest BCUT2D eigenvalue weighted by Crippen LogP contribution is 2.39. The zero-order chi connectivity index (χ0) is 11.8. The Hall–Kier alpha value is -0.580. The average Bonchev–Trinajstić information content (AvgIpc) is 2.94. The maximum Gasteiger partial charge on any atom is 0.169 e. The molecule has 0 aliphatic rings. The predicted octanol–water partition coefficient (Wildman–Crippen LogP) is 5.74. The zero-order valence-corrected chi connectivity index (χ0v) is 12.7. The van der Waals surface area contributed by atoms with Gasteiger partial charge in [-0.05, 0) is 50.5 Å². The van der Waals surface area contributed by atoms with Crippen molar-refractivity contribution in [1.29, 1.82) is 0 Å². The first-order valence-corrected chi connectivity index (χ1v) is 7.70. The van der Waals surface area contributed by atoms with Gasteiger partial charge in [0.2, 0.25) is 0 Å². The highest BCUT2D eigenvalue weighted by molar-refractivity contribution is 9.10. The molecular formula is C13H8Br2OS. The molecule has 2 aromatic heterocycles. The Morgan fingerprint density at radius 3 is 2.71 bits per heavy atom. The molecule has 3 rings (SSSR count). The van der Waals surface area contributed by atoms with Gasteiger partial charge in [0.15, 0.2) is 4.67 Å². The van der Waals surface area contributed by atoms with Crippen LogP contribution in [-0.4, -0.2) is 0 Å². The van der Waals surface area contributed by atoms with E-state index >= 15 is 0 Å². The van der Waals surface area contributed by atoms with E-state index in [2.05, 4.69) is 61.5 Å². The molecule has 0 amide bonds. The molecule has 4 heteroatoms. The molecule has 0 saturated heterocycles. The van der Waals surface area contributed by atoms with Gasteiger partial charge in [0, 0.05) is 4.70 Å². The summed E-state index contributed by atoms with van der Waals surface area (Å²) in [5.41, 5.74) is 1.26. The summed E-state index contributed by atoms with van der Waals surface area (Å²) < 4.78 is 7.66. The van der Waals surface area contributed by atoms with Gasteiger partial charge in [-0.15, -0.1) is 11.3 Å². The average molecular weight is 372 g/mol. The summed E-state index contributed by atoms with van der Waals surface area (Å²) in [6.07, 6.45) is 0. The number of alkyl halides is 1. The van der Waals surface area contributed by atoms with Gasteiger partial charge in [-0.1, -0.05) is 34.1 Å².